The molecule has 1 aromatic carbocycles. The minimum absolute atomic E-state index is 0.0233. The number of nitriles is 1. The smallest absolute Gasteiger partial charge is 0.335 e. The molecule has 0 radical (unpaired) electrons. The Morgan fingerprint density at radius 2 is 1.80 bits per heavy atom. The number of carboxylic acids is 1. The molecule has 0 aromatic heterocycles. The Bertz CT molecular complexity index is 856. The highest BCUT2D eigenvalue weighted by molar-refractivity contribution is 5.97. The molecule has 1 aliphatic heterocycles. The van der Waals surface area contributed by atoms with Gasteiger partial charge in [0.05, 0.1) is 11.5 Å². The lowest BCUT2D eigenvalue weighted by molar-refractivity contribution is -0.119. The van der Waals surface area contributed by atoms with E-state index in [-0.39, 0.29) is 34.1 Å². The number of Topliss-reactive ketones (excluding diaryl/α,β-unsaturated/α-hetero) is 1. The molecular weight excluding hydrogens is 324 g/mol. The van der Waals surface area contributed by atoms with Crippen LogP contribution in [0.2, 0.25) is 0 Å². The summed E-state index contributed by atoms with van der Waals surface area (Å²) < 4.78 is 5.48. The Morgan fingerprint density at radius 3 is 2.24 bits per heavy atom. The van der Waals surface area contributed by atoms with Gasteiger partial charge in [-0.2, -0.15) is 5.26 Å². The van der Waals surface area contributed by atoms with Gasteiger partial charge in [-0.05, 0) is 31.5 Å². The molecule has 25 heavy (non-hydrogen) atoms. The van der Waals surface area contributed by atoms with Crippen molar-refractivity contribution in [1.29, 1.82) is 5.26 Å². The number of hydrogen-bond acceptors (Lipinski definition) is 5. The summed E-state index contributed by atoms with van der Waals surface area (Å²) in [6, 6.07) is 7.86. The Balaban J connectivity index is 2.64. The second-order valence-corrected chi connectivity index (χ2v) is 5.52. The average molecular weight is 340 g/mol. The standard InChI is InChI=1S/C18H16N2O5/c1-9(21)15-10(2)25-17(20-11(3)22)14(8-19)16(15)12-4-6-13(7-5-12)18(23)24/h4-7,16H,1-3H3,(H,20,22)(H,23,24). The molecule has 1 aliphatic rings. The Kier molecular flexibility index (Phi) is 5.03. The van der Waals surface area contributed by atoms with E-state index in [0.29, 0.717) is 5.56 Å². The molecule has 0 bridgehead atoms. The van der Waals surface area contributed by atoms with E-state index in [2.05, 4.69) is 5.32 Å². The van der Waals surface area contributed by atoms with Crippen LogP contribution in [0.1, 0.15) is 42.6 Å². The first-order chi connectivity index (χ1) is 11.8. The minimum atomic E-state index is -1.08. The lowest BCUT2D eigenvalue weighted by Crippen LogP contribution is -2.29. The fraction of sp³-hybridized carbons (Fsp3) is 0.222. The highest BCUT2D eigenvalue weighted by Gasteiger charge is 2.35. The van der Waals surface area contributed by atoms with Crippen molar-refractivity contribution in [3.63, 3.8) is 0 Å². The van der Waals surface area contributed by atoms with Gasteiger partial charge in [-0.25, -0.2) is 4.79 Å². The normalized spacial score (nSPS) is 16.8. The highest BCUT2D eigenvalue weighted by Crippen LogP contribution is 2.39. The molecule has 128 valence electrons. The zero-order valence-electron chi connectivity index (χ0n) is 13.9. The van der Waals surface area contributed by atoms with Gasteiger partial charge in [-0.15, -0.1) is 0 Å². The monoisotopic (exact) mass is 340 g/mol. The van der Waals surface area contributed by atoms with Crippen molar-refractivity contribution in [3.8, 4) is 6.07 Å². The number of aromatic carboxylic acids is 1. The van der Waals surface area contributed by atoms with E-state index in [1.54, 1.807) is 19.1 Å². The molecule has 1 amide bonds. The second kappa shape index (κ2) is 7.01. The molecule has 1 aromatic rings. The van der Waals surface area contributed by atoms with E-state index in [1.165, 1.54) is 26.0 Å². The Hall–Kier alpha value is -3.40. The predicted octanol–water partition coefficient (Wildman–Crippen LogP) is 2.23. The zero-order valence-corrected chi connectivity index (χ0v) is 13.9. The van der Waals surface area contributed by atoms with Crippen LogP contribution in [-0.2, 0) is 14.3 Å². The molecular formula is C18H16N2O5. The summed E-state index contributed by atoms with van der Waals surface area (Å²) >= 11 is 0. The average Bonchev–Trinajstić information content (AvgIpc) is 2.53. The molecule has 0 spiro atoms. The molecule has 7 heteroatoms. The third kappa shape index (κ3) is 3.58. The first-order valence-electron chi connectivity index (χ1n) is 7.41. The van der Waals surface area contributed by atoms with Crippen LogP contribution in [0.4, 0.5) is 0 Å². The maximum absolute atomic E-state index is 12.1. The summed E-state index contributed by atoms with van der Waals surface area (Å²) in [7, 11) is 0. The minimum Gasteiger partial charge on any atom is -0.478 e. The third-order valence-corrected chi connectivity index (χ3v) is 3.74. The number of carbonyl (C=O) groups excluding carboxylic acids is 2. The van der Waals surface area contributed by atoms with Crippen LogP contribution in [0.25, 0.3) is 0 Å². The summed E-state index contributed by atoms with van der Waals surface area (Å²) in [6.07, 6.45) is 0. The summed E-state index contributed by atoms with van der Waals surface area (Å²) in [5.74, 6) is -2.26. The molecule has 1 atom stereocenters. The van der Waals surface area contributed by atoms with Crippen molar-refractivity contribution < 1.29 is 24.2 Å². The number of rotatable bonds is 4. The van der Waals surface area contributed by atoms with Gasteiger partial charge in [0.25, 0.3) is 0 Å². The van der Waals surface area contributed by atoms with Crippen molar-refractivity contribution in [2.75, 3.05) is 0 Å². The second-order valence-electron chi connectivity index (χ2n) is 5.52. The lowest BCUT2D eigenvalue weighted by atomic mass is 9.81. The van der Waals surface area contributed by atoms with E-state index in [0.717, 1.165) is 0 Å². The number of nitrogens with one attached hydrogen (secondary N) is 1. The quantitative estimate of drug-likeness (QED) is 0.868. The topological polar surface area (TPSA) is 116 Å². The van der Waals surface area contributed by atoms with Crippen molar-refractivity contribution in [3.05, 3.63) is 58.2 Å². The number of amides is 1. The van der Waals surface area contributed by atoms with Crippen molar-refractivity contribution in [1.82, 2.24) is 5.32 Å². The van der Waals surface area contributed by atoms with Crippen molar-refractivity contribution in [2.45, 2.75) is 26.7 Å². The molecule has 0 saturated heterocycles. The first-order valence-corrected chi connectivity index (χ1v) is 7.41. The SMILES string of the molecule is CC(=O)NC1=C(C#N)C(c2ccc(C(=O)O)cc2)C(C(C)=O)=C(C)O1. The maximum Gasteiger partial charge on any atom is 0.335 e. The molecule has 1 heterocycles. The van der Waals surface area contributed by atoms with Crippen LogP contribution in [0.15, 0.2) is 47.1 Å². The van der Waals surface area contributed by atoms with Gasteiger partial charge < -0.3 is 9.84 Å². The molecule has 7 nitrogen and oxygen atoms in total. The van der Waals surface area contributed by atoms with Gasteiger partial charge in [0, 0.05) is 12.5 Å². The Morgan fingerprint density at radius 1 is 1.20 bits per heavy atom. The van der Waals surface area contributed by atoms with Crippen molar-refractivity contribution in [2.24, 2.45) is 0 Å². The Labute approximate surface area is 144 Å². The fourth-order valence-electron chi connectivity index (χ4n) is 2.71. The molecule has 2 N–H and O–H groups in total. The summed E-state index contributed by atoms with van der Waals surface area (Å²) in [5.41, 5.74) is 1.01. The summed E-state index contributed by atoms with van der Waals surface area (Å²) in [4.78, 5) is 34.5. The number of carbonyl (C=O) groups is 3. The van der Waals surface area contributed by atoms with Crippen LogP contribution in [0.3, 0.4) is 0 Å². The van der Waals surface area contributed by atoms with E-state index >= 15 is 0 Å². The van der Waals surface area contributed by atoms with Crippen LogP contribution in [0, 0.1) is 11.3 Å². The molecule has 0 fully saturated rings. The van der Waals surface area contributed by atoms with Crippen LogP contribution < -0.4 is 5.32 Å². The van der Waals surface area contributed by atoms with Gasteiger partial charge >= 0.3 is 5.97 Å². The van der Waals surface area contributed by atoms with Gasteiger partial charge in [-0.1, -0.05) is 12.1 Å². The molecule has 1 unspecified atom stereocenters. The third-order valence-electron chi connectivity index (χ3n) is 3.74. The fourth-order valence-corrected chi connectivity index (χ4v) is 2.71. The van der Waals surface area contributed by atoms with Gasteiger partial charge in [0.2, 0.25) is 11.8 Å². The summed E-state index contributed by atoms with van der Waals surface area (Å²) in [6.45, 7) is 4.21. The van der Waals surface area contributed by atoms with E-state index in [9.17, 15) is 19.6 Å². The molecule has 0 aliphatic carbocycles. The molecule has 0 saturated carbocycles. The molecule has 2 rings (SSSR count). The lowest BCUT2D eigenvalue weighted by Gasteiger charge is -2.28. The first kappa shape index (κ1) is 17.9. The number of ether oxygens (including phenoxy) is 1. The van der Waals surface area contributed by atoms with E-state index < -0.39 is 17.8 Å². The van der Waals surface area contributed by atoms with Gasteiger partial charge in [0.1, 0.15) is 17.4 Å². The maximum atomic E-state index is 12.1. The number of nitrogens with zero attached hydrogens (tertiary/aromatic N) is 1. The highest BCUT2D eigenvalue weighted by atomic mass is 16.5. The van der Waals surface area contributed by atoms with Crippen LogP contribution in [0.5, 0.6) is 0 Å². The van der Waals surface area contributed by atoms with Crippen LogP contribution >= 0.6 is 0 Å². The largest absolute Gasteiger partial charge is 0.478 e. The zero-order chi connectivity index (χ0) is 18.7. The van der Waals surface area contributed by atoms with E-state index in [1.807, 2.05) is 6.07 Å². The van der Waals surface area contributed by atoms with Crippen LogP contribution in [-0.4, -0.2) is 22.8 Å². The number of carboxylic acid groups (broad SMARTS) is 1. The number of allylic oxidation sites excluding steroid dienone is 3. The van der Waals surface area contributed by atoms with E-state index in [4.69, 9.17) is 9.84 Å². The number of ketones is 1. The number of hydrogen-bond donors (Lipinski definition) is 2. The van der Waals surface area contributed by atoms with Gasteiger partial charge in [-0.3, -0.25) is 14.9 Å². The number of benzene rings is 1. The van der Waals surface area contributed by atoms with Gasteiger partial charge in [0.15, 0.2) is 5.78 Å². The predicted molar refractivity (Wildman–Crippen MR) is 87.1 cm³/mol. The summed E-state index contributed by atoms with van der Waals surface area (Å²) in [5, 5.41) is 21.0. The van der Waals surface area contributed by atoms with Crippen molar-refractivity contribution >= 4 is 17.7 Å².